The predicted molar refractivity (Wildman–Crippen MR) is 171 cm³/mol. The van der Waals surface area contributed by atoms with Crippen LogP contribution >= 0.6 is 24.2 Å². The fraction of sp³-hybridized carbons (Fsp3) is 0.182. The van der Waals surface area contributed by atoms with Crippen LogP contribution in [0, 0.1) is 0 Å². The summed E-state index contributed by atoms with van der Waals surface area (Å²) in [6.07, 6.45) is 5.07. The number of H-pyrrole nitrogens is 1. The van der Waals surface area contributed by atoms with Crippen LogP contribution in [0.5, 0.6) is 5.75 Å². The van der Waals surface area contributed by atoms with E-state index in [1.165, 1.54) is 21.5 Å². The number of fused-ring (bicyclic) bond motifs is 1. The monoisotopic (exact) mass is 601 g/mol. The smallest absolute Gasteiger partial charge is 0.220 e. The molecule has 0 atom stereocenters. The van der Waals surface area contributed by atoms with Crippen LogP contribution in [0.1, 0.15) is 18.4 Å². The summed E-state index contributed by atoms with van der Waals surface area (Å²) in [5.74, 6) is 0.944. The van der Waals surface area contributed by atoms with E-state index in [0.29, 0.717) is 13.0 Å². The van der Waals surface area contributed by atoms with Crippen LogP contribution in [-0.4, -0.2) is 30.7 Å². The number of aromatic nitrogens is 1. The number of aromatic amines is 1. The summed E-state index contributed by atoms with van der Waals surface area (Å²) in [5, 5.41) is 8.35. The average Bonchev–Trinajstić information content (AvgIpc) is 3.39. The average molecular weight is 603 g/mol. The maximum Gasteiger partial charge on any atom is 0.220 e. The van der Waals surface area contributed by atoms with E-state index in [0.717, 1.165) is 35.7 Å². The minimum Gasteiger partial charge on any atom is -0.497 e. The number of ether oxygens (including phenoxy) is 1. The third kappa shape index (κ3) is 6.43. The zero-order valence-corrected chi connectivity index (χ0v) is 24.8. The van der Waals surface area contributed by atoms with E-state index in [-0.39, 0.29) is 22.9 Å². The molecule has 6 heteroatoms. The maximum absolute atomic E-state index is 12.9. The number of nitrogens with one attached hydrogen (secondary N) is 2. The molecule has 0 fully saturated rings. The number of carbonyl (C=O) groups excluding carboxylic acids is 1. The highest BCUT2D eigenvalue weighted by Crippen LogP contribution is 2.55. The summed E-state index contributed by atoms with van der Waals surface area (Å²) in [4.78, 5) is 16.2. The van der Waals surface area contributed by atoms with Crippen molar-refractivity contribution >= 4 is 57.0 Å². The first kappa shape index (κ1) is 28.6. The largest absolute Gasteiger partial charge is 0.497 e. The normalized spacial score (nSPS) is 11.1. The third-order valence-corrected chi connectivity index (χ3v) is 11.7. The Balaban J connectivity index is 0.00000353. The second-order valence-corrected chi connectivity index (χ2v) is 13.1. The number of halogens is 1. The lowest BCUT2D eigenvalue weighted by Gasteiger charge is -2.27. The van der Waals surface area contributed by atoms with Gasteiger partial charge in [-0.05, 0) is 73.0 Å². The molecule has 0 saturated carbocycles. The van der Waals surface area contributed by atoms with Crippen LogP contribution in [0.3, 0.4) is 0 Å². The Morgan fingerprint density at radius 3 is 1.92 bits per heavy atom. The Labute approximate surface area is 241 Å². The van der Waals surface area contributed by atoms with Gasteiger partial charge in [-0.2, -0.15) is 0 Å². The van der Waals surface area contributed by atoms with Crippen molar-refractivity contribution in [2.75, 3.05) is 19.8 Å². The van der Waals surface area contributed by atoms with Gasteiger partial charge in [-0.1, -0.05) is 54.6 Å². The molecule has 0 aliphatic heterocycles. The Kier molecular flexibility index (Phi) is 9.97. The number of amides is 1. The lowest BCUT2D eigenvalue weighted by atomic mass is 10.1. The van der Waals surface area contributed by atoms with Crippen molar-refractivity contribution in [1.29, 1.82) is 0 Å². The first-order valence-corrected chi connectivity index (χ1v) is 15.1. The summed E-state index contributed by atoms with van der Waals surface area (Å²) in [7, 11) is -0.228. The second-order valence-electron chi connectivity index (χ2n) is 9.47. The van der Waals surface area contributed by atoms with Crippen molar-refractivity contribution in [3.8, 4) is 5.75 Å². The lowest BCUT2D eigenvalue weighted by Crippen LogP contribution is -2.34. The van der Waals surface area contributed by atoms with Gasteiger partial charge in [-0.3, -0.25) is 4.79 Å². The first-order chi connectivity index (χ1) is 18.7. The molecule has 5 rings (SSSR count). The van der Waals surface area contributed by atoms with E-state index in [1.807, 2.05) is 24.4 Å². The van der Waals surface area contributed by atoms with Crippen molar-refractivity contribution in [2.24, 2.45) is 0 Å². The van der Waals surface area contributed by atoms with Gasteiger partial charge in [0.05, 0.1) is 13.3 Å². The van der Waals surface area contributed by atoms with Gasteiger partial charge in [0.15, 0.2) is 0 Å². The topological polar surface area (TPSA) is 54.1 Å². The molecule has 0 aliphatic rings. The number of hydrogen-bond donors (Lipinski definition) is 2. The Morgan fingerprint density at radius 2 is 1.38 bits per heavy atom. The van der Waals surface area contributed by atoms with Crippen molar-refractivity contribution < 1.29 is 9.53 Å². The van der Waals surface area contributed by atoms with Gasteiger partial charge in [0.25, 0.3) is 0 Å². The standard InChI is InChI=1S/C33H33N2O2P.BrH/c1-37-27-19-20-32-31(24-27)26(25-35-32)21-22-34-33(36)18-11-23-38(28-12-5-2-6-13-28,29-14-7-3-8-15-29)30-16-9-4-10-17-30;/h2-10,12-17,19-20,24-25,35H,11,18,21-23H2,1H3;1H/p+1. The van der Waals surface area contributed by atoms with Crippen LogP contribution in [0.15, 0.2) is 115 Å². The number of rotatable bonds is 11. The molecule has 200 valence electrons. The Hall–Kier alpha value is -3.40. The highest BCUT2D eigenvalue weighted by molar-refractivity contribution is 8.93. The van der Waals surface area contributed by atoms with E-state index in [2.05, 4.69) is 101 Å². The van der Waals surface area contributed by atoms with Gasteiger partial charge in [0.1, 0.15) is 28.9 Å². The van der Waals surface area contributed by atoms with Gasteiger partial charge < -0.3 is 15.0 Å². The molecule has 1 heterocycles. The fourth-order valence-corrected chi connectivity index (χ4v) is 9.62. The maximum atomic E-state index is 12.9. The molecule has 39 heavy (non-hydrogen) atoms. The fourth-order valence-electron chi connectivity index (χ4n) is 5.28. The van der Waals surface area contributed by atoms with Gasteiger partial charge in [0.2, 0.25) is 5.91 Å². The zero-order chi connectivity index (χ0) is 26.2. The molecule has 4 aromatic carbocycles. The summed E-state index contributed by atoms with van der Waals surface area (Å²) in [5.41, 5.74) is 2.26. The van der Waals surface area contributed by atoms with Crippen molar-refractivity contribution in [3.63, 3.8) is 0 Å². The van der Waals surface area contributed by atoms with Gasteiger partial charge in [0, 0.05) is 30.1 Å². The van der Waals surface area contributed by atoms with E-state index < -0.39 is 7.26 Å². The minimum atomic E-state index is -1.91. The Morgan fingerprint density at radius 1 is 0.821 bits per heavy atom. The molecule has 0 bridgehead atoms. The Bertz CT molecular complexity index is 1380. The lowest BCUT2D eigenvalue weighted by molar-refractivity contribution is -0.121. The second kappa shape index (κ2) is 13.6. The zero-order valence-electron chi connectivity index (χ0n) is 22.2. The molecule has 0 saturated heterocycles. The van der Waals surface area contributed by atoms with Gasteiger partial charge in [-0.25, -0.2) is 0 Å². The summed E-state index contributed by atoms with van der Waals surface area (Å²) in [6.45, 7) is 0.610. The molecule has 2 N–H and O–H groups in total. The van der Waals surface area contributed by atoms with Crippen LogP contribution in [0.2, 0.25) is 0 Å². The molecule has 4 nitrogen and oxygen atoms in total. The number of hydrogen-bond acceptors (Lipinski definition) is 2. The molecule has 0 aliphatic carbocycles. The van der Waals surface area contributed by atoms with Crippen LogP contribution in [0.4, 0.5) is 0 Å². The molecule has 1 aromatic heterocycles. The van der Waals surface area contributed by atoms with Crippen LogP contribution in [-0.2, 0) is 11.2 Å². The summed E-state index contributed by atoms with van der Waals surface area (Å²) in [6, 6.07) is 38.5. The van der Waals surface area contributed by atoms with E-state index in [4.69, 9.17) is 4.74 Å². The van der Waals surface area contributed by atoms with Crippen LogP contribution in [0.25, 0.3) is 10.9 Å². The first-order valence-electron chi connectivity index (χ1n) is 13.2. The molecular weight excluding hydrogens is 567 g/mol. The molecule has 0 unspecified atom stereocenters. The molecule has 0 spiro atoms. The van der Waals surface area contributed by atoms with E-state index in [1.54, 1.807) is 7.11 Å². The van der Waals surface area contributed by atoms with Gasteiger partial charge >= 0.3 is 0 Å². The number of benzene rings is 4. The highest BCUT2D eigenvalue weighted by Gasteiger charge is 2.44. The molecular formula is C33H35BrN2O2P+. The number of carbonyl (C=O) groups is 1. The predicted octanol–water partition coefficient (Wildman–Crippen LogP) is 6.19. The van der Waals surface area contributed by atoms with Crippen molar-refractivity contribution in [3.05, 3.63) is 121 Å². The SMILES string of the molecule is Br.COc1ccc2[nH]cc(CCNC(=O)CCC[P+](c3ccccc3)(c3ccccc3)c3ccccc3)c2c1. The van der Waals surface area contributed by atoms with Gasteiger partial charge in [-0.15, -0.1) is 17.0 Å². The van der Waals surface area contributed by atoms with E-state index in [9.17, 15) is 4.79 Å². The summed E-state index contributed by atoms with van der Waals surface area (Å²) < 4.78 is 5.38. The molecule has 1 amide bonds. The highest BCUT2D eigenvalue weighted by atomic mass is 79.9. The van der Waals surface area contributed by atoms with E-state index >= 15 is 0 Å². The molecule has 5 aromatic rings. The quantitative estimate of drug-likeness (QED) is 0.177. The van der Waals surface area contributed by atoms with Crippen LogP contribution < -0.4 is 26.0 Å². The minimum absolute atomic E-state index is 0. The molecule has 0 radical (unpaired) electrons. The number of methoxy groups -OCH3 is 1. The van der Waals surface area contributed by atoms with Crippen molar-refractivity contribution in [2.45, 2.75) is 19.3 Å². The summed E-state index contributed by atoms with van der Waals surface area (Å²) >= 11 is 0. The van der Waals surface area contributed by atoms with Crippen molar-refractivity contribution in [1.82, 2.24) is 10.3 Å². The third-order valence-electron chi connectivity index (χ3n) is 7.18.